The molecule has 0 saturated carbocycles. The van der Waals surface area contributed by atoms with Crippen molar-refractivity contribution in [1.29, 1.82) is 0 Å². The molecule has 0 radical (unpaired) electrons. The van der Waals surface area contributed by atoms with Crippen LogP contribution >= 0.6 is 0 Å². The maximum atomic E-state index is 12.2. The van der Waals surface area contributed by atoms with Gasteiger partial charge in [0, 0.05) is 19.6 Å². The van der Waals surface area contributed by atoms with Crippen molar-refractivity contribution in [1.82, 2.24) is 20.2 Å². The van der Waals surface area contributed by atoms with Gasteiger partial charge in [-0.2, -0.15) is 0 Å². The third kappa shape index (κ3) is 4.57. The lowest BCUT2D eigenvalue weighted by molar-refractivity contribution is 0.0945. The molecule has 25 heavy (non-hydrogen) atoms. The SMILES string of the molecule is CN(C)CCNc1cnc(C(=O)NCc2ccc3c(c2)OCO3)cn1. The Morgan fingerprint density at radius 1 is 1.20 bits per heavy atom. The van der Waals surface area contributed by atoms with E-state index in [1.54, 1.807) is 6.20 Å². The Morgan fingerprint density at radius 3 is 2.80 bits per heavy atom. The van der Waals surface area contributed by atoms with Crippen molar-refractivity contribution in [3.63, 3.8) is 0 Å². The number of likely N-dealkylation sites (N-methyl/N-ethyl adjacent to an activating group) is 1. The fourth-order valence-electron chi connectivity index (χ4n) is 2.27. The van der Waals surface area contributed by atoms with Crippen molar-refractivity contribution >= 4 is 11.7 Å². The lowest BCUT2D eigenvalue weighted by Crippen LogP contribution is -2.24. The number of carbonyl (C=O) groups is 1. The Labute approximate surface area is 146 Å². The van der Waals surface area contributed by atoms with Crippen molar-refractivity contribution in [3.8, 4) is 11.5 Å². The van der Waals surface area contributed by atoms with Gasteiger partial charge >= 0.3 is 0 Å². The molecule has 0 fully saturated rings. The minimum absolute atomic E-state index is 0.232. The number of anilines is 1. The molecule has 2 aromatic rings. The van der Waals surface area contributed by atoms with Gasteiger partial charge in [0.1, 0.15) is 11.5 Å². The van der Waals surface area contributed by atoms with Crippen molar-refractivity contribution < 1.29 is 14.3 Å². The van der Waals surface area contributed by atoms with Crippen molar-refractivity contribution in [3.05, 3.63) is 41.9 Å². The maximum Gasteiger partial charge on any atom is 0.271 e. The van der Waals surface area contributed by atoms with Gasteiger partial charge in [0.2, 0.25) is 6.79 Å². The zero-order valence-electron chi connectivity index (χ0n) is 14.3. The van der Waals surface area contributed by atoms with Gasteiger partial charge in [-0.15, -0.1) is 0 Å². The second-order valence-electron chi connectivity index (χ2n) is 5.89. The van der Waals surface area contributed by atoms with E-state index in [2.05, 4.69) is 25.5 Å². The zero-order valence-corrected chi connectivity index (χ0v) is 14.3. The summed E-state index contributed by atoms with van der Waals surface area (Å²) in [4.78, 5) is 22.6. The minimum atomic E-state index is -0.273. The molecule has 8 nitrogen and oxygen atoms in total. The summed E-state index contributed by atoms with van der Waals surface area (Å²) in [5.41, 5.74) is 1.20. The van der Waals surface area contributed by atoms with Crippen molar-refractivity contribution in [2.45, 2.75) is 6.54 Å². The number of nitrogens with zero attached hydrogens (tertiary/aromatic N) is 3. The van der Waals surface area contributed by atoms with Crippen LogP contribution in [0.25, 0.3) is 0 Å². The summed E-state index contributed by atoms with van der Waals surface area (Å²) in [6.45, 7) is 2.26. The van der Waals surface area contributed by atoms with Gasteiger partial charge < -0.3 is 25.0 Å². The van der Waals surface area contributed by atoms with Crippen LogP contribution in [-0.4, -0.2) is 54.8 Å². The third-order valence-electron chi connectivity index (χ3n) is 3.64. The van der Waals surface area contributed by atoms with Crippen LogP contribution in [0, 0.1) is 0 Å². The molecule has 0 aliphatic carbocycles. The number of amides is 1. The van der Waals surface area contributed by atoms with Crippen LogP contribution < -0.4 is 20.1 Å². The second kappa shape index (κ2) is 7.80. The number of fused-ring (bicyclic) bond motifs is 1. The summed E-state index contributed by atoms with van der Waals surface area (Å²) in [7, 11) is 4.00. The molecular formula is C17H21N5O3. The van der Waals surface area contributed by atoms with E-state index in [0.29, 0.717) is 18.1 Å². The summed E-state index contributed by atoms with van der Waals surface area (Å²) in [6, 6.07) is 5.57. The van der Waals surface area contributed by atoms with Crippen LogP contribution in [0.4, 0.5) is 5.82 Å². The molecule has 1 aromatic carbocycles. The van der Waals surface area contributed by atoms with Crippen molar-refractivity contribution in [2.24, 2.45) is 0 Å². The van der Waals surface area contributed by atoms with E-state index < -0.39 is 0 Å². The summed E-state index contributed by atoms with van der Waals surface area (Å²) in [5.74, 6) is 1.79. The number of hydrogen-bond acceptors (Lipinski definition) is 7. The quantitative estimate of drug-likeness (QED) is 0.778. The van der Waals surface area contributed by atoms with Crippen molar-refractivity contribution in [2.75, 3.05) is 39.3 Å². The Hall–Kier alpha value is -2.87. The summed E-state index contributed by atoms with van der Waals surface area (Å²) < 4.78 is 10.6. The average Bonchev–Trinajstić information content (AvgIpc) is 3.07. The van der Waals surface area contributed by atoms with Crippen LogP contribution in [0.15, 0.2) is 30.6 Å². The number of benzene rings is 1. The lowest BCUT2D eigenvalue weighted by atomic mass is 10.2. The molecule has 0 bridgehead atoms. The Kier molecular flexibility index (Phi) is 5.30. The monoisotopic (exact) mass is 343 g/mol. The lowest BCUT2D eigenvalue weighted by Gasteiger charge is -2.10. The first-order chi connectivity index (χ1) is 12.1. The predicted octanol–water partition coefficient (Wildman–Crippen LogP) is 1.11. The first-order valence-electron chi connectivity index (χ1n) is 7.99. The Balaban J connectivity index is 1.51. The maximum absolute atomic E-state index is 12.2. The molecule has 0 saturated heterocycles. The number of aromatic nitrogens is 2. The van der Waals surface area contributed by atoms with E-state index in [1.807, 2.05) is 32.3 Å². The fraction of sp³-hybridized carbons (Fsp3) is 0.353. The molecule has 0 spiro atoms. The van der Waals surface area contributed by atoms with Gasteiger partial charge in [-0.3, -0.25) is 4.79 Å². The smallest absolute Gasteiger partial charge is 0.271 e. The summed E-state index contributed by atoms with van der Waals surface area (Å²) in [6.07, 6.45) is 3.03. The number of hydrogen-bond donors (Lipinski definition) is 2. The van der Waals surface area contributed by atoms with E-state index >= 15 is 0 Å². The highest BCUT2D eigenvalue weighted by Gasteiger charge is 2.14. The highest BCUT2D eigenvalue weighted by molar-refractivity contribution is 5.91. The summed E-state index contributed by atoms with van der Waals surface area (Å²) >= 11 is 0. The number of carbonyl (C=O) groups excluding carboxylic acids is 1. The van der Waals surface area contributed by atoms with Gasteiger partial charge in [0.15, 0.2) is 11.5 Å². The zero-order chi connectivity index (χ0) is 17.6. The molecule has 0 unspecified atom stereocenters. The molecule has 8 heteroatoms. The molecule has 3 rings (SSSR count). The third-order valence-corrected chi connectivity index (χ3v) is 3.64. The molecule has 1 amide bonds. The molecule has 132 valence electrons. The van der Waals surface area contributed by atoms with E-state index in [1.165, 1.54) is 6.20 Å². The second-order valence-corrected chi connectivity index (χ2v) is 5.89. The van der Waals surface area contributed by atoms with Gasteiger partial charge in [0.25, 0.3) is 5.91 Å². The van der Waals surface area contributed by atoms with Gasteiger partial charge in [-0.25, -0.2) is 9.97 Å². The molecule has 2 N–H and O–H groups in total. The Bertz CT molecular complexity index is 734. The summed E-state index contributed by atoms with van der Waals surface area (Å²) in [5, 5.41) is 5.97. The first-order valence-corrected chi connectivity index (χ1v) is 7.99. The highest BCUT2D eigenvalue weighted by Crippen LogP contribution is 2.32. The highest BCUT2D eigenvalue weighted by atomic mass is 16.7. The van der Waals surface area contributed by atoms with Gasteiger partial charge in [-0.1, -0.05) is 6.07 Å². The molecule has 1 aromatic heterocycles. The fourth-order valence-corrected chi connectivity index (χ4v) is 2.27. The molecule has 1 aliphatic heterocycles. The van der Waals surface area contributed by atoms with E-state index in [0.717, 1.165) is 24.4 Å². The topological polar surface area (TPSA) is 88.6 Å². The van der Waals surface area contributed by atoms with Crippen LogP contribution in [0.5, 0.6) is 11.5 Å². The first kappa shape index (κ1) is 17.0. The standard InChI is InChI=1S/C17H21N5O3/c1-22(2)6-5-18-16-10-19-13(9-20-16)17(23)21-8-12-3-4-14-15(7-12)25-11-24-14/h3-4,7,9-10H,5-6,8,11H2,1-2H3,(H,18,20)(H,21,23). The van der Waals surface area contributed by atoms with Gasteiger partial charge in [-0.05, 0) is 31.8 Å². The molecule has 1 aliphatic rings. The van der Waals surface area contributed by atoms with Gasteiger partial charge in [0.05, 0.1) is 12.4 Å². The van der Waals surface area contributed by atoms with Crippen LogP contribution in [0.2, 0.25) is 0 Å². The van der Waals surface area contributed by atoms with Crippen LogP contribution in [-0.2, 0) is 6.54 Å². The normalized spacial score (nSPS) is 12.3. The molecular weight excluding hydrogens is 322 g/mol. The minimum Gasteiger partial charge on any atom is -0.454 e. The van der Waals surface area contributed by atoms with Crippen LogP contribution in [0.1, 0.15) is 16.1 Å². The van der Waals surface area contributed by atoms with Crippen LogP contribution in [0.3, 0.4) is 0 Å². The molecule has 2 heterocycles. The van der Waals surface area contributed by atoms with E-state index in [-0.39, 0.29) is 18.4 Å². The number of nitrogens with one attached hydrogen (secondary N) is 2. The number of rotatable bonds is 7. The molecule has 0 atom stereocenters. The predicted molar refractivity (Wildman–Crippen MR) is 92.8 cm³/mol. The van der Waals surface area contributed by atoms with E-state index in [4.69, 9.17) is 9.47 Å². The van der Waals surface area contributed by atoms with E-state index in [9.17, 15) is 4.79 Å². The largest absolute Gasteiger partial charge is 0.454 e. The Morgan fingerprint density at radius 2 is 2.04 bits per heavy atom. The average molecular weight is 343 g/mol. The number of ether oxygens (including phenoxy) is 2.